The fourth-order valence-electron chi connectivity index (χ4n) is 2.67. The number of benzene rings is 2. The van der Waals surface area contributed by atoms with Crippen LogP contribution in [-0.2, 0) is 0 Å². The largest absolute Gasteiger partial charge is 0.573 e. The van der Waals surface area contributed by atoms with Gasteiger partial charge >= 0.3 is 6.36 Å². The number of halogens is 4. The number of rotatable bonds is 2. The lowest BCUT2D eigenvalue weighted by Crippen LogP contribution is -2.17. The molecule has 0 amide bonds. The second-order valence-electron chi connectivity index (χ2n) is 5.49. The van der Waals surface area contributed by atoms with E-state index in [2.05, 4.69) is 14.8 Å². The Morgan fingerprint density at radius 2 is 1.92 bits per heavy atom. The van der Waals surface area contributed by atoms with E-state index >= 15 is 0 Å². The Balaban J connectivity index is 1.86. The van der Waals surface area contributed by atoms with Crippen molar-refractivity contribution in [2.75, 3.05) is 0 Å². The number of ether oxygens (including phenoxy) is 1. The van der Waals surface area contributed by atoms with Gasteiger partial charge in [-0.15, -0.1) is 13.2 Å². The van der Waals surface area contributed by atoms with E-state index in [1.54, 1.807) is 24.3 Å². The number of alkyl halides is 3. The number of aromatic nitrogens is 3. The molecule has 26 heavy (non-hydrogen) atoms. The van der Waals surface area contributed by atoms with E-state index in [0.29, 0.717) is 16.1 Å². The van der Waals surface area contributed by atoms with E-state index in [1.807, 2.05) is 6.07 Å². The first kappa shape index (κ1) is 16.5. The molecule has 0 saturated carbocycles. The van der Waals surface area contributed by atoms with Gasteiger partial charge in [0.1, 0.15) is 5.75 Å². The molecular formula is C17H9ClF3N3O2. The lowest BCUT2D eigenvalue weighted by atomic mass is 10.2. The zero-order valence-electron chi connectivity index (χ0n) is 12.8. The quantitative estimate of drug-likeness (QED) is 0.561. The van der Waals surface area contributed by atoms with Crippen LogP contribution in [0, 0.1) is 0 Å². The number of aromatic amines is 1. The second kappa shape index (κ2) is 5.77. The van der Waals surface area contributed by atoms with Crippen LogP contribution in [0.5, 0.6) is 5.75 Å². The SMILES string of the molecule is O=c1c2cc(OC(F)(F)F)ccc2[nH]n1-c1ccc2cccc(Cl)c2n1. The minimum Gasteiger partial charge on any atom is -0.406 e. The maximum atomic E-state index is 12.6. The van der Waals surface area contributed by atoms with Crippen molar-refractivity contribution in [3.8, 4) is 11.6 Å². The Labute approximate surface area is 148 Å². The molecule has 1 N–H and O–H groups in total. The number of nitrogens with zero attached hydrogens (tertiary/aromatic N) is 2. The highest BCUT2D eigenvalue weighted by Crippen LogP contribution is 2.26. The molecule has 0 saturated heterocycles. The van der Waals surface area contributed by atoms with Crippen molar-refractivity contribution in [2.24, 2.45) is 0 Å². The van der Waals surface area contributed by atoms with Crippen molar-refractivity contribution in [1.82, 2.24) is 14.8 Å². The molecule has 0 fully saturated rings. The Kier molecular flexibility index (Phi) is 3.66. The van der Waals surface area contributed by atoms with Crippen molar-refractivity contribution >= 4 is 33.4 Å². The summed E-state index contributed by atoms with van der Waals surface area (Å²) in [6.45, 7) is 0. The van der Waals surface area contributed by atoms with Crippen LogP contribution in [-0.4, -0.2) is 21.1 Å². The smallest absolute Gasteiger partial charge is 0.406 e. The van der Waals surface area contributed by atoms with Crippen molar-refractivity contribution < 1.29 is 17.9 Å². The van der Waals surface area contributed by atoms with Crippen LogP contribution >= 0.6 is 11.6 Å². The lowest BCUT2D eigenvalue weighted by molar-refractivity contribution is -0.274. The van der Waals surface area contributed by atoms with E-state index < -0.39 is 17.7 Å². The standard InChI is InChI=1S/C17H9ClF3N3O2/c18-12-3-1-2-9-4-7-14(22-15(9)12)24-16(25)11-8-10(26-17(19,20)21)5-6-13(11)23-24/h1-8,23H. The number of para-hydroxylation sites is 1. The zero-order chi connectivity index (χ0) is 18.5. The Bertz CT molecular complexity index is 1200. The van der Waals surface area contributed by atoms with E-state index in [1.165, 1.54) is 6.07 Å². The van der Waals surface area contributed by atoms with Gasteiger partial charge < -0.3 is 4.74 Å². The third-order valence-corrected chi connectivity index (χ3v) is 4.08. The fourth-order valence-corrected chi connectivity index (χ4v) is 2.90. The summed E-state index contributed by atoms with van der Waals surface area (Å²) in [4.78, 5) is 17.0. The van der Waals surface area contributed by atoms with E-state index in [-0.39, 0.29) is 11.2 Å². The second-order valence-corrected chi connectivity index (χ2v) is 5.90. The van der Waals surface area contributed by atoms with Crippen molar-refractivity contribution in [3.63, 3.8) is 0 Å². The molecule has 0 aliphatic heterocycles. The predicted molar refractivity (Wildman–Crippen MR) is 90.9 cm³/mol. The summed E-state index contributed by atoms with van der Waals surface area (Å²) in [5.74, 6) is -0.201. The van der Waals surface area contributed by atoms with Crippen LogP contribution in [0.15, 0.2) is 53.3 Å². The van der Waals surface area contributed by atoms with Crippen molar-refractivity contribution in [3.05, 3.63) is 63.9 Å². The van der Waals surface area contributed by atoms with Gasteiger partial charge in [-0.3, -0.25) is 9.89 Å². The van der Waals surface area contributed by atoms with Crippen molar-refractivity contribution in [2.45, 2.75) is 6.36 Å². The van der Waals surface area contributed by atoms with Gasteiger partial charge in [-0.25, -0.2) is 9.67 Å². The number of hydrogen-bond donors (Lipinski definition) is 1. The van der Waals surface area contributed by atoms with E-state index in [4.69, 9.17) is 11.6 Å². The van der Waals surface area contributed by atoms with Crippen LogP contribution in [0.25, 0.3) is 27.6 Å². The summed E-state index contributed by atoms with van der Waals surface area (Å²) >= 11 is 6.13. The maximum absolute atomic E-state index is 12.6. The summed E-state index contributed by atoms with van der Waals surface area (Å²) in [5, 5.41) is 4.09. The first-order chi connectivity index (χ1) is 12.3. The van der Waals surface area contributed by atoms with Crippen LogP contribution in [0.3, 0.4) is 0 Å². The van der Waals surface area contributed by atoms with Crippen LogP contribution in [0.1, 0.15) is 0 Å². The lowest BCUT2D eigenvalue weighted by Gasteiger charge is -2.07. The van der Waals surface area contributed by atoms with Crippen LogP contribution in [0.4, 0.5) is 13.2 Å². The molecule has 4 aromatic rings. The molecule has 2 heterocycles. The molecule has 132 valence electrons. The van der Waals surface area contributed by atoms with Gasteiger partial charge in [-0.1, -0.05) is 23.7 Å². The predicted octanol–water partition coefficient (Wildman–Crippen LogP) is 4.42. The van der Waals surface area contributed by atoms with Gasteiger partial charge in [0, 0.05) is 5.39 Å². The molecule has 0 radical (unpaired) electrons. The van der Waals surface area contributed by atoms with Gasteiger partial charge in [-0.2, -0.15) is 0 Å². The summed E-state index contributed by atoms with van der Waals surface area (Å²) in [6.07, 6.45) is -4.83. The normalized spacial score (nSPS) is 12.0. The first-order valence-electron chi connectivity index (χ1n) is 7.38. The monoisotopic (exact) mass is 379 g/mol. The van der Waals surface area contributed by atoms with Gasteiger partial charge in [0.05, 0.1) is 21.4 Å². The van der Waals surface area contributed by atoms with Gasteiger partial charge in [0.2, 0.25) is 0 Å². The fraction of sp³-hybridized carbons (Fsp3) is 0.0588. The van der Waals surface area contributed by atoms with Crippen molar-refractivity contribution in [1.29, 1.82) is 0 Å². The Hall–Kier alpha value is -3.00. The molecule has 2 aromatic heterocycles. The highest BCUT2D eigenvalue weighted by atomic mass is 35.5. The minimum absolute atomic E-state index is 0.0489. The highest BCUT2D eigenvalue weighted by molar-refractivity contribution is 6.35. The Morgan fingerprint density at radius 3 is 2.69 bits per heavy atom. The average Bonchev–Trinajstić information content (AvgIpc) is 2.90. The molecule has 0 aliphatic rings. The number of pyridine rings is 1. The summed E-state index contributed by atoms with van der Waals surface area (Å²) in [7, 11) is 0. The average molecular weight is 380 g/mol. The molecule has 4 rings (SSSR count). The summed E-state index contributed by atoms with van der Waals surface area (Å²) in [6, 6.07) is 12.1. The summed E-state index contributed by atoms with van der Waals surface area (Å²) in [5.41, 5.74) is 0.315. The zero-order valence-corrected chi connectivity index (χ0v) is 13.6. The molecular weight excluding hydrogens is 371 g/mol. The topological polar surface area (TPSA) is 59.9 Å². The number of nitrogens with one attached hydrogen (secondary N) is 1. The molecule has 2 aromatic carbocycles. The highest BCUT2D eigenvalue weighted by Gasteiger charge is 2.31. The number of hydrogen-bond acceptors (Lipinski definition) is 3. The summed E-state index contributed by atoms with van der Waals surface area (Å²) < 4.78 is 42.1. The molecule has 5 nitrogen and oxygen atoms in total. The third kappa shape index (κ3) is 2.88. The van der Waals surface area contributed by atoms with Gasteiger partial charge in [0.15, 0.2) is 5.82 Å². The molecule has 0 bridgehead atoms. The maximum Gasteiger partial charge on any atom is 0.573 e. The molecule has 0 unspecified atom stereocenters. The van der Waals surface area contributed by atoms with Gasteiger partial charge in [0.25, 0.3) is 5.56 Å². The molecule has 0 spiro atoms. The minimum atomic E-state index is -4.83. The third-order valence-electron chi connectivity index (χ3n) is 3.78. The van der Waals surface area contributed by atoms with Crippen LogP contribution < -0.4 is 10.3 Å². The van der Waals surface area contributed by atoms with E-state index in [9.17, 15) is 18.0 Å². The molecule has 0 atom stereocenters. The van der Waals surface area contributed by atoms with Gasteiger partial charge in [-0.05, 0) is 36.4 Å². The van der Waals surface area contributed by atoms with Crippen LogP contribution in [0.2, 0.25) is 5.02 Å². The number of H-pyrrole nitrogens is 1. The molecule has 9 heteroatoms. The Morgan fingerprint density at radius 1 is 1.12 bits per heavy atom. The number of fused-ring (bicyclic) bond motifs is 2. The molecule has 0 aliphatic carbocycles. The first-order valence-corrected chi connectivity index (χ1v) is 7.76. The van der Waals surface area contributed by atoms with E-state index in [0.717, 1.165) is 22.2 Å².